The molecular formula is C12H21NO2. The smallest absolute Gasteiger partial charge is 0.147 e. The summed E-state index contributed by atoms with van der Waals surface area (Å²) in [5.74, 6) is 2.31. The van der Waals surface area contributed by atoms with Crippen molar-refractivity contribution in [3.8, 4) is 0 Å². The predicted molar refractivity (Wildman–Crippen MR) is 57.2 cm³/mol. The van der Waals surface area contributed by atoms with Crippen LogP contribution in [0, 0.1) is 17.8 Å². The van der Waals surface area contributed by atoms with Crippen molar-refractivity contribution in [1.29, 1.82) is 0 Å². The molecule has 0 aromatic rings. The van der Waals surface area contributed by atoms with Crippen molar-refractivity contribution < 1.29 is 9.47 Å². The van der Waals surface area contributed by atoms with E-state index in [0.29, 0.717) is 24.7 Å². The lowest BCUT2D eigenvalue weighted by molar-refractivity contribution is -0.207. The number of hydrogen-bond donors (Lipinski definition) is 1. The first-order chi connectivity index (χ1) is 7.22. The van der Waals surface area contributed by atoms with Gasteiger partial charge in [0.25, 0.3) is 0 Å². The zero-order chi connectivity index (χ0) is 10.5. The van der Waals surface area contributed by atoms with Gasteiger partial charge in [-0.15, -0.1) is 0 Å². The Morgan fingerprint density at radius 1 is 1.20 bits per heavy atom. The molecule has 0 spiro atoms. The Bertz CT molecular complexity index is 240. The van der Waals surface area contributed by atoms with Crippen LogP contribution in [0.4, 0.5) is 0 Å². The summed E-state index contributed by atoms with van der Waals surface area (Å²) in [6, 6.07) is 0.445. The van der Waals surface area contributed by atoms with Crippen LogP contribution in [-0.4, -0.2) is 25.5 Å². The molecule has 2 N–H and O–H groups in total. The van der Waals surface area contributed by atoms with Gasteiger partial charge < -0.3 is 15.2 Å². The lowest BCUT2D eigenvalue weighted by Crippen LogP contribution is -2.60. The molecule has 0 heterocycles. The molecule has 4 rings (SSSR count). The SMILES string of the molecule is COCOC12CC3CC(C1)C(N)C(C3)C2. The number of methoxy groups -OCH3 is 1. The Morgan fingerprint density at radius 2 is 1.87 bits per heavy atom. The first-order valence-corrected chi connectivity index (χ1v) is 6.11. The molecule has 15 heavy (non-hydrogen) atoms. The molecule has 0 aromatic carbocycles. The van der Waals surface area contributed by atoms with Gasteiger partial charge in [-0.2, -0.15) is 0 Å². The second-order valence-corrected chi connectivity index (χ2v) is 5.78. The van der Waals surface area contributed by atoms with Gasteiger partial charge in [0.15, 0.2) is 0 Å². The Kier molecular flexibility index (Phi) is 2.31. The highest BCUT2D eigenvalue weighted by Gasteiger charge is 2.55. The van der Waals surface area contributed by atoms with Crippen LogP contribution in [0.1, 0.15) is 32.1 Å². The zero-order valence-corrected chi connectivity index (χ0v) is 9.45. The van der Waals surface area contributed by atoms with E-state index in [4.69, 9.17) is 15.2 Å². The summed E-state index contributed by atoms with van der Waals surface area (Å²) >= 11 is 0. The number of rotatable bonds is 3. The van der Waals surface area contributed by atoms with Crippen LogP contribution in [0.3, 0.4) is 0 Å². The fraction of sp³-hybridized carbons (Fsp3) is 1.00. The number of hydrogen-bond acceptors (Lipinski definition) is 3. The van der Waals surface area contributed by atoms with Gasteiger partial charge >= 0.3 is 0 Å². The Balaban J connectivity index is 1.77. The summed E-state index contributed by atoms with van der Waals surface area (Å²) in [6.45, 7) is 0.446. The molecule has 2 atom stereocenters. The van der Waals surface area contributed by atoms with E-state index >= 15 is 0 Å². The first-order valence-electron chi connectivity index (χ1n) is 6.11. The fourth-order valence-corrected chi connectivity index (χ4v) is 4.35. The van der Waals surface area contributed by atoms with Crippen LogP contribution in [-0.2, 0) is 9.47 Å². The van der Waals surface area contributed by atoms with Crippen molar-refractivity contribution in [3.05, 3.63) is 0 Å². The quantitative estimate of drug-likeness (QED) is 0.720. The lowest BCUT2D eigenvalue weighted by Gasteiger charge is -2.58. The second-order valence-electron chi connectivity index (χ2n) is 5.78. The summed E-state index contributed by atoms with van der Waals surface area (Å²) in [6.07, 6.45) is 6.27. The van der Waals surface area contributed by atoms with Crippen molar-refractivity contribution in [2.75, 3.05) is 13.9 Å². The summed E-state index contributed by atoms with van der Waals surface area (Å²) in [5.41, 5.74) is 6.40. The fourth-order valence-electron chi connectivity index (χ4n) is 4.35. The van der Waals surface area contributed by atoms with Crippen LogP contribution in [0.5, 0.6) is 0 Å². The van der Waals surface area contributed by atoms with Gasteiger partial charge in [0.05, 0.1) is 5.60 Å². The third-order valence-electron chi connectivity index (χ3n) is 4.77. The van der Waals surface area contributed by atoms with Crippen LogP contribution >= 0.6 is 0 Å². The molecule has 0 aromatic heterocycles. The van der Waals surface area contributed by atoms with Crippen molar-refractivity contribution in [2.24, 2.45) is 23.5 Å². The highest BCUT2D eigenvalue weighted by molar-refractivity contribution is 5.07. The van der Waals surface area contributed by atoms with E-state index in [1.165, 1.54) is 32.1 Å². The Morgan fingerprint density at radius 3 is 2.47 bits per heavy atom. The van der Waals surface area contributed by atoms with Gasteiger partial charge in [0.1, 0.15) is 6.79 Å². The highest BCUT2D eigenvalue weighted by Crippen LogP contribution is 2.56. The van der Waals surface area contributed by atoms with E-state index in [1.54, 1.807) is 7.11 Å². The first kappa shape index (κ1) is 10.1. The molecule has 0 radical (unpaired) electrons. The maximum absolute atomic E-state index is 6.27. The zero-order valence-electron chi connectivity index (χ0n) is 9.45. The largest absolute Gasteiger partial charge is 0.359 e. The summed E-state index contributed by atoms with van der Waals surface area (Å²) in [5, 5.41) is 0. The van der Waals surface area contributed by atoms with E-state index in [1.807, 2.05) is 0 Å². The van der Waals surface area contributed by atoms with Crippen molar-refractivity contribution in [2.45, 2.75) is 43.7 Å². The van der Waals surface area contributed by atoms with Gasteiger partial charge in [-0.1, -0.05) is 0 Å². The predicted octanol–water partition coefficient (Wildman–Crippen LogP) is 1.51. The minimum Gasteiger partial charge on any atom is -0.359 e. The molecule has 0 amide bonds. The van der Waals surface area contributed by atoms with Gasteiger partial charge in [-0.25, -0.2) is 0 Å². The van der Waals surface area contributed by atoms with E-state index in [-0.39, 0.29) is 5.60 Å². The van der Waals surface area contributed by atoms with Crippen molar-refractivity contribution in [1.82, 2.24) is 0 Å². The summed E-state index contributed by atoms with van der Waals surface area (Å²) < 4.78 is 11.0. The topological polar surface area (TPSA) is 44.5 Å². The van der Waals surface area contributed by atoms with Gasteiger partial charge in [0, 0.05) is 13.2 Å². The monoisotopic (exact) mass is 211 g/mol. The molecule has 86 valence electrons. The van der Waals surface area contributed by atoms with Crippen molar-refractivity contribution in [3.63, 3.8) is 0 Å². The molecule has 4 bridgehead atoms. The third-order valence-corrected chi connectivity index (χ3v) is 4.77. The molecule has 0 saturated heterocycles. The number of ether oxygens (including phenoxy) is 2. The normalized spacial score (nSPS) is 52.4. The Labute approximate surface area is 91.3 Å². The average Bonchev–Trinajstić information content (AvgIpc) is 2.22. The minimum absolute atomic E-state index is 0.127. The van der Waals surface area contributed by atoms with Crippen LogP contribution in [0.15, 0.2) is 0 Å². The average molecular weight is 211 g/mol. The molecule has 3 heteroatoms. The maximum atomic E-state index is 6.27. The van der Waals surface area contributed by atoms with Crippen LogP contribution in [0.25, 0.3) is 0 Å². The maximum Gasteiger partial charge on any atom is 0.147 e. The van der Waals surface area contributed by atoms with Crippen LogP contribution in [0.2, 0.25) is 0 Å². The van der Waals surface area contributed by atoms with E-state index in [0.717, 1.165) is 5.92 Å². The molecule has 0 aliphatic heterocycles. The third kappa shape index (κ3) is 1.52. The van der Waals surface area contributed by atoms with Crippen molar-refractivity contribution >= 4 is 0 Å². The van der Waals surface area contributed by atoms with Gasteiger partial charge in [-0.05, 0) is 49.9 Å². The van der Waals surface area contributed by atoms with E-state index < -0.39 is 0 Å². The highest BCUT2D eigenvalue weighted by atomic mass is 16.7. The van der Waals surface area contributed by atoms with E-state index in [2.05, 4.69) is 0 Å². The number of nitrogens with two attached hydrogens (primary N) is 1. The minimum atomic E-state index is 0.127. The summed E-state index contributed by atoms with van der Waals surface area (Å²) in [4.78, 5) is 0. The van der Waals surface area contributed by atoms with E-state index in [9.17, 15) is 0 Å². The molecule has 4 fully saturated rings. The molecular weight excluding hydrogens is 190 g/mol. The van der Waals surface area contributed by atoms with Crippen LogP contribution < -0.4 is 5.73 Å². The van der Waals surface area contributed by atoms with Gasteiger partial charge in [0.2, 0.25) is 0 Å². The molecule has 2 unspecified atom stereocenters. The lowest BCUT2D eigenvalue weighted by atomic mass is 9.52. The standard InChI is InChI=1S/C12H21NO2/c1-14-7-15-12-4-8-2-9(5-12)11(13)10(3-8)6-12/h8-11H,2-7,13H2,1H3. The molecule has 3 nitrogen and oxygen atoms in total. The molecule has 4 aliphatic rings. The summed E-state index contributed by atoms with van der Waals surface area (Å²) in [7, 11) is 1.70. The molecule has 4 saturated carbocycles. The second kappa shape index (κ2) is 3.44. The Hall–Kier alpha value is -0.120. The molecule has 4 aliphatic carbocycles. The van der Waals surface area contributed by atoms with Gasteiger partial charge in [-0.3, -0.25) is 0 Å².